The number of aryl methyl sites for hydroxylation is 1. The van der Waals surface area contributed by atoms with Gasteiger partial charge >= 0.3 is 0 Å². The van der Waals surface area contributed by atoms with E-state index in [4.69, 9.17) is 5.11 Å². The number of nitrogens with zero attached hydrogens (tertiary/aromatic N) is 2. The number of anilines is 1. The summed E-state index contributed by atoms with van der Waals surface area (Å²) in [6.07, 6.45) is 5.17. The van der Waals surface area contributed by atoms with Crippen molar-refractivity contribution in [1.29, 1.82) is 0 Å². The second-order valence-corrected chi connectivity index (χ2v) is 4.22. The van der Waals surface area contributed by atoms with Crippen molar-refractivity contribution in [2.24, 2.45) is 5.92 Å². The summed E-state index contributed by atoms with van der Waals surface area (Å²) in [7, 11) is 0. The molecule has 5 nitrogen and oxygen atoms in total. The molecule has 0 fully saturated rings. The Morgan fingerprint density at radius 3 is 3.00 bits per heavy atom. The van der Waals surface area contributed by atoms with Crippen LogP contribution in [0.2, 0.25) is 0 Å². The Bertz CT molecular complexity index is 390. The Morgan fingerprint density at radius 1 is 1.59 bits per heavy atom. The molecule has 0 spiro atoms. The van der Waals surface area contributed by atoms with Gasteiger partial charge in [0.25, 0.3) is 5.56 Å². The van der Waals surface area contributed by atoms with E-state index < -0.39 is 0 Å². The molecule has 0 aliphatic heterocycles. The van der Waals surface area contributed by atoms with Gasteiger partial charge in [-0.05, 0) is 25.7 Å². The highest BCUT2D eigenvalue weighted by Gasteiger charge is 2.03. The number of nitrogens with one attached hydrogen (secondary N) is 1. The van der Waals surface area contributed by atoms with E-state index in [1.807, 2.05) is 13.8 Å². The predicted octanol–water partition coefficient (Wildman–Crippen LogP) is 1.08. The van der Waals surface area contributed by atoms with E-state index >= 15 is 0 Å². The van der Waals surface area contributed by atoms with Crippen molar-refractivity contribution in [3.8, 4) is 0 Å². The maximum absolute atomic E-state index is 11.8. The average molecular weight is 239 g/mol. The fourth-order valence-electron chi connectivity index (χ4n) is 1.57. The van der Waals surface area contributed by atoms with E-state index in [1.165, 1.54) is 0 Å². The molecule has 1 unspecified atom stereocenters. The summed E-state index contributed by atoms with van der Waals surface area (Å²) in [5.41, 5.74) is -0.0785. The van der Waals surface area contributed by atoms with E-state index in [-0.39, 0.29) is 12.2 Å². The molecule has 17 heavy (non-hydrogen) atoms. The van der Waals surface area contributed by atoms with Crippen LogP contribution in [0.1, 0.15) is 26.7 Å². The second kappa shape index (κ2) is 7.06. The zero-order valence-corrected chi connectivity index (χ0v) is 10.5. The van der Waals surface area contributed by atoms with Crippen LogP contribution >= 0.6 is 0 Å². The maximum atomic E-state index is 11.8. The summed E-state index contributed by atoms with van der Waals surface area (Å²) in [4.78, 5) is 15.8. The van der Waals surface area contributed by atoms with Gasteiger partial charge in [0.15, 0.2) is 5.82 Å². The maximum Gasteiger partial charge on any atom is 0.293 e. The van der Waals surface area contributed by atoms with Crippen LogP contribution in [0, 0.1) is 5.92 Å². The fraction of sp³-hybridized carbons (Fsp3) is 0.667. The summed E-state index contributed by atoms with van der Waals surface area (Å²) >= 11 is 0. The molecule has 0 amide bonds. The lowest BCUT2D eigenvalue weighted by Gasteiger charge is -2.09. The summed E-state index contributed by atoms with van der Waals surface area (Å²) in [5, 5.41) is 11.9. The molecule has 1 aromatic heterocycles. The van der Waals surface area contributed by atoms with E-state index in [1.54, 1.807) is 17.0 Å². The molecule has 96 valence electrons. The SMILES string of the molecule is CCn1ccnc(NCCCC(C)CO)c1=O. The highest BCUT2D eigenvalue weighted by Crippen LogP contribution is 2.04. The Morgan fingerprint density at radius 2 is 2.35 bits per heavy atom. The molecule has 0 aromatic carbocycles. The van der Waals surface area contributed by atoms with Crippen molar-refractivity contribution in [2.75, 3.05) is 18.5 Å². The van der Waals surface area contributed by atoms with E-state index in [9.17, 15) is 4.79 Å². The molecule has 0 radical (unpaired) electrons. The van der Waals surface area contributed by atoms with E-state index in [0.717, 1.165) is 12.8 Å². The van der Waals surface area contributed by atoms with Gasteiger partial charge in [-0.2, -0.15) is 0 Å². The Labute approximate surface area is 102 Å². The van der Waals surface area contributed by atoms with Crippen molar-refractivity contribution in [1.82, 2.24) is 9.55 Å². The van der Waals surface area contributed by atoms with Crippen LogP contribution in [0.3, 0.4) is 0 Å². The highest BCUT2D eigenvalue weighted by atomic mass is 16.3. The Hall–Kier alpha value is -1.36. The monoisotopic (exact) mass is 239 g/mol. The van der Waals surface area contributed by atoms with Gasteiger partial charge < -0.3 is 15.0 Å². The van der Waals surface area contributed by atoms with Crippen molar-refractivity contribution in [3.05, 3.63) is 22.7 Å². The first-order chi connectivity index (χ1) is 8.19. The largest absolute Gasteiger partial charge is 0.396 e. The van der Waals surface area contributed by atoms with Gasteiger partial charge in [-0.15, -0.1) is 0 Å². The lowest BCUT2D eigenvalue weighted by molar-refractivity contribution is 0.229. The molecule has 1 aromatic rings. The third-order valence-electron chi connectivity index (χ3n) is 2.73. The minimum absolute atomic E-state index is 0.0785. The molecular formula is C12H21N3O2. The highest BCUT2D eigenvalue weighted by molar-refractivity contribution is 5.30. The molecule has 0 saturated heterocycles. The average Bonchev–Trinajstić information content (AvgIpc) is 2.36. The lowest BCUT2D eigenvalue weighted by atomic mass is 10.1. The normalized spacial score (nSPS) is 12.4. The first-order valence-corrected chi connectivity index (χ1v) is 6.09. The summed E-state index contributed by atoms with van der Waals surface area (Å²) < 4.78 is 1.62. The van der Waals surface area contributed by atoms with E-state index in [0.29, 0.717) is 24.8 Å². The predicted molar refractivity (Wildman–Crippen MR) is 68.1 cm³/mol. The van der Waals surface area contributed by atoms with Gasteiger partial charge in [-0.25, -0.2) is 4.98 Å². The molecule has 0 aliphatic carbocycles. The van der Waals surface area contributed by atoms with Gasteiger partial charge in [0.2, 0.25) is 0 Å². The number of rotatable bonds is 7. The van der Waals surface area contributed by atoms with Crippen molar-refractivity contribution in [3.63, 3.8) is 0 Å². The molecule has 1 rings (SSSR count). The minimum Gasteiger partial charge on any atom is -0.396 e. The van der Waals surface area contributed by atoms with Gasteiger partial charge in [0.05, 0.1) is 0 Å². The zero-order chi connectivity index (χ0) is 12.7. The standard InChI is InChI=1S/C12H21N3O2/c1-3-15-8-7-14-11(12(15)17)13-6-4-5-10(2)9-16/h7-8,10,16H,3-6,9H2,1-2H3,(H,13,14). The molecule has 0 saturated carbocycles. The minimum atomic E-state index is -0.0785. The zero-order valence-electron chi connectivity index (χ0n) is 10.5. The van der Waals surface area contributed by atoms with Crippen LogP contribution < -0.4 is 10.9 Å². The molecule has 0 aliphatic rings. The van der Waals surface area contributed by atoms with Gasteiger partial charge in [-0.1, -0.05) is 6.92 Å². The van der Waals surface area contributed by atoms with E-state index in [2.05, 4.69) is 10.3 Å². The Kier molecular flexibility index (Phi) is 5.69. The number of aliphatic hydroxyl groups is 1. The smallest absolute Gasteiger partial charge is 0.293 e. The molecule has 1 atom stereocenters. The quantitative estimate of drug-likeness (QED) is 0.699. The van der Waals surface area contributed by atoms with Crippen LogP contribution in [0.5, 0.6) is 0 Å². The van der Waals surface area contributed by atoms with Crippen molar-refractivity contribution in [2.45, 2.75) is 33.2 Å². The first-order valence-electron chi connectivity index (χ1n) is 6.09. The number of aliphatic hydroxyl groups excluding tert-OH is 1. The second-order valence-electron chi connectivity index (χ2n) is 4.22. The lowest BCUT2D eigenvalue weighted by Crippen LogP contribution is -2.24. The topological polar surface area (TPSA) is 67.2 Å². The fourth-order valence-corrected chi connectivity index (χ4v) is 1.57. The van der Waals surface area contributed by atoms with Crippen molar-refractivity contribution < 1.29 is 5.11 Å². The van der Waals surface area contributed by atoms with Gasteiger partial charge in [-0.3, -0.25) is 4.79 Å². The molecule has 0 bridgehead atoms. The van der Waals surface area contributed by atoms with Gasteiger partial charge in [0.1, 0.15) is 0 Å². The number of hydrogen-bond donors (Lipinski definition) is 2. The number of aromatic nitrogens is 2. The van der Waals surface area contributed by atoms with Crippen LogP contribution in [0.25, 0.3) is 0 Å². The molecule has 5 heteroatoms. The van der Waals surface area contributed by atoms with Crippen LogP contribution in [0.4, 0.5) is 5.82 Å². The third-order valence-corrected chi connectivity index (χ3v) is 2.73. The van der Waals surface area contributed by atoms with Gasteiger partial charge in [0, 0.05) is 32.1 Å². The summed E-state index contributed by atoms with van der Waals surface area (Å²) in [6.45, 7) is 5.50. The molecule has 1 heterocycles. The third kappa shape index (κ3) is 4.19. The van der Waals surface area contributed by atoms with Crippen LogP contribution in [-0.2, 0) is 6.54 Å². The number of hydrogen-bond acceptors (Lipinski definition) is 4. The molecule has 2 N–H and O–H groups in total. The Balaban J connectivity index is 2.44. The summed E-state index contributed by atoms with van der Waals surface area (Å²) in [6, 6.07) is 0. The first kappa shape index (κ1) is 13.7. The van der Waals surface area contributed by atoms with Crippen LogP contribution in [-0.4, -0.2) is 27.8 Å². The molecular weight excluding hydrogens is 218 g/mol. The van der Waals surface area contributed by atoms with Crippen LogP contribution in [0.15, 0.2) is 17.2 Å². The van der Waals surface area contributed by atoms with Crippen molar-refractivity contribution >= 4 is 5.82 Å². The summed E-state index contributed by atoms with van der Waals surface area (Å²) in [5.74, 6) is 0.721.